The van der Waals surface area contributed by atoms with Gasteiger partial charge in [0.15, 0.2) is 0 Å². The minimum absolute atomic E-state index is 0.658. The third kappa shape index (κ3) is 3.54. The zero-order valence-corrected chi connectivity index (χ0v) is 14.1. The van der Waals surface area contributed by atoms with Gasteiger partial charge in [-0.2, -0.15) is 0 Å². The van der Waals surface area contributed by atoms with Crippen LogP contribution in [0, 0.1) is 0 Å². The molecule has 0 bridgehead atoms. The quantitative estimate of drug-likeness (QED) is 0.771. The maximum atomic E-state index is 2.53. The van der Waals surface area contributed by atoms with Crippen LogP contribution in [-0.4, -0.2) is 67.3 Å². The van der Waals surface area contributed by atoms with E-state index in [9.17, 15) is 0 Å². The van der Waals surface area contributed by atoms with Gasteiger partial charge in [-0.05, 0) is 0 Å². The Bertz CT molecular complexity index is 455. The van der Waals surface area contributed by atoms with Crippen LogP contribution in [0.2, 0.25) is 0 Å². The van der Waals surface area contributed by atoms with Crippen molar-refractivity contribution in [3.63, 3.8) is 0 Å². The van der Waals surface area contributed by atoms with E-state index in [-0.39, 0.29) is 0 Å². The Hall–Kier alpha value is 0.277. The topological polar surface area (TPSA) is 6.48 Å². The monoisotopic (exact) mass is 300 g/mol. The second-order valence-electron chi connectivity index (χ2n) is 5.76. The van der Waals surface area contributed by atoms with Crippen LogP contribution in [-0.2, 0) is 0 Å². The minimum atomic E-state index is 0.658. The third-order valence-electron chi connectivity index (χ3n) is 4.20. The van der Waals surface area contributed by atoms with E-state index in [1.807, 2.05) is 0 Å². The van der Waals surface area contributed by atoms with Crippen LogP contribution in [0.15, 0.2) is 18.2 Å². The van der Waals surface area contributed by atoms with Gasteiger partial charge in [-0.1, -0.05) is 0 Å². The summed E-state index contributed by atoms with van der Waals surface area (Å²) in [5.41, 5.74) is 2.95. The summed E-state index contributed by atoms with van der Waals surface area (Å²) in [5.74, 6) is 2.63. The predicted molar refractivity (Wildman–Crippen MR) is 93.8 cm³/mol. The predicted octanol–water partition coefficient (Wildman–Crippen LogP) is 2.10. The number of hydrogen-bond donors (Lipinski definition) is 0. The van der Waals surface area contributed by atoms with E-state index in [0.717, 1.165) is 13.1 Å². The average Bonchev–Trinajstić information content (AvgIpc) is 2.49. The Kier molecular flexibility index (Phi) is 5.33. The summed E-state index contributed by atoms with van der Waals surface area (Å²) in [6, 6.07) is 7.11. The molecule has 104 valence electrons. The number of rotatable bonds is 2. The van der Waals surface area contributed by atoms with Gasteiger partial charge in [0, 0.05) is 0 Å². The number of benzene rings is 1. The summed E-state index contributed by atoms with van der Waals surface area (Å²) in [6.07, 6.45) is 1.37. The summed E-state index contributed by atoms with van der Waals surface area (Å²) >= 11 is 6.51. The summed E-state index contributed by atoms with van der Waals surface area (Å²) < 4.78 is 2.12. The second kappa shape index (κ2) is 7.02. The molecule has 2 nitrogen and oxygen atoms in total. The van der Waals surface area contributed by atoms with E-state index >= 15 is 0 Å². The van der Waals surface area contributed by atoms with Gasteiger partial charge in [0.2, 0.25) is 0 Å². The van der Waals surface area contributed by atoms with E-state index < -0.39 is 0 Å². The first kappa shape index (κ1) is 15.2. The molecule has 5 heteroatoms. The molecule has 2 fully saturated rings. The second-order valence-corrected chi connectivity index (χ2v) is 8.48. The van der Waals surface area contributed by atoms with Gasteiger partial charge < -0.3 is 0 Å². The molecule has 0 aromatic heterocycles. The number of anilines is 1. The summed E-state index contributed by atoms with van der Waals surface area (Å²) in [5, 5.41) is 0. The van der Waals surface area contributed by atoms with Gasteiger partial charge in [0.05, 0.1) is 0 Å². The van der Waals surface area contributed by atoms with Crippen molar-refractivity contribution in [2.75, 3.05) is 49.6 Å². The van der Waals surface area contributed by atoms with Gasteiger partial charge in [0.1, 0.15) is 0 Å². The molecule has 1 aromatic rings. The molecule has 0 amide bonds. The molecule has 2 aliphatic rings. The molecule has 2 saturated heterocycles. The third-order valence-corrected chi connectivity index (χ3v) is 7.18. The Morgan fingerprint density at radius 2 is 1.80 bits per heavy atom. The fourth-order valence-corrected chi connectivity index (χ4v) is 5.94. The summed E-state index contributed by atoms with van der Waals surface area (Å²) in [7, 11) is 2.21. The number of nitrogens with zero attached hydrogens (tertiary/aromatic N) is 2. The van der Waals surface area contributed by atoms with Gasteiger partial charge >= 0.3 is 140 Å². The molecule has 0 spiro atoms. The first-order valence-electron chi connectivity index (χ1n) is 7.51. The standard InChI is InChI=1S/C15H21N2S2.Li/c1-16-7-9-17(10-8-16)14-5-3-13(4-6-14)15-18-11-2-12-19-15;/h3,5-6,15H,2,7-12H2,1H3;. The van der Waals surface area contributed by atoms with Crippen molar-refractivity contribution in [2.45, 2.75) is 11.0 Å². The van der Waals surface area contributed by atoms with Crippen molar-refractivity contribution >= 4 is 51.2 Å². The first-order chi connectivity index (χ1) is 9.74. The van der Waals surface area contributed by atoms with Crippen LogP contribution < -0.4 is 9.14 Å². The molecule has 1 aromatic carbocycles. The van der Waals surface area contributed by atoms with Crippen molar-refractivity contribution < 1.29 is 0 Å². The fraction of sp³-hybridized carbons (Fsp3) is 0.600. The van der Waals surface area contributed by atoms with E-state index in [4.69, 9.17) is 0 Å². The van der Waals surface area contributed by atoms with Gasteiger partial charge in [0.25, 0.3) is 0 Å². The molecule has 3 rings (SSSR count). The van der Waals surface area contributed by atoms with E-state index in [1.54, 1.807) is 0 Å². The molecule has 0 aliphatic carbocycles. The summed E-state index contributed by atoms with van der Waals surface area (Å²) in [4.78, 5) is 4.94. The molecule has 0 radical (unpaired) electrons. The molecule has 0 unspecified atom stereocenters. The zero-order chi connectivity index (χ0) is 13.9. The van der Waals surface area contributed by atoms with Gasteiger partial charge in [-0.25, -0.2) is 0 Å². The van der Waals surface area contributed by atoms with Crippen LogP contribution in [0.3, 0.4) is 0 Å². The zero-order valence-electron chi connectivity index (χ0n) is 12.5. The molecule has 20 heavy (non-hydrogen) atoms. The number of likely N-dealkylation sites (N-methyl/N-ethyl adjacent to an activating group) is 1. The SMILES string of the molecule is [Li][c]1cc(N2CCN(C)CC2)ccc1C1SCCCS1. The average molecular weight is 300 g/mol. The fourth-order valence-electron chi connectivity index (χ4n) is 2.85. The van der Waals surface area contributed by atoms with Crippen LogP contribution in [0.25, 0.3) is 0 Å². The van der Waals surface area contributed by atoms with Crippen LogP contribution in [0.1, 0.15) is 16.6 Å². The van der Waals surface area contributed by atoms with Crippen molar-refractivity contribution in [3.05, 3.63) is 23.8 Å². The Balaban J connectivity index is 1.73. The molecule has 0 saturated carbocycles. The van der Waals surface area contributed by atoms with Crippen molar-refractivity contribution in [1.82, 2.24) is 4.90 Å². The molecular weight excluding hydrogens is 279 g/mol. The van der Waals surface area contributed by atoms with Crippen molar-refractivity contribution in [2.24, 2.45) is 0 Å². The van der Waals surface area contributed by atoms with Gasteiger partial charge in [-0.3, -0.25) is 0 Å². The normalized spacial score (nSPS) is 22.2. The number of hydrogen-bond acceptors (Lipinski definition) is 4. The van der Waals surface area contributed by atoms with E-state index in [1.165, 1.54) is 46.5 Å². The maximum absolute atomic E-state index is 2.53. The number of thioether (sulfide) groups is 2. The van der Waals surface area contributed by atoms with Crippen LogP contribution in [0.5, 0.6) is 0 Å². The molecule has 2 aliphatic heterocycles. The number of piperazine rings is 1. The van der Waals surface area contributed by atoms with Crippen molar-refractivity contribution in [3.8, 4) is 0 Å². The van der Waals surface area contributed by atoms with E-state index in [0.29, 0.717) is 4.58 Å². The van der Waals surface area contributed by atoms with Crippen LogP contribution >= 0.6 is 23.5 Å². The Morgan fingerprint density at radius 1 is 1.10 bits per heavy atom. The van der Waals surface area contributed by atoms with Crippen LogP contribution in [0.4, 0.5) is 5.69 Å². The molecule has 0 atom stereocenters. The van der Waals surface area contributed by atoms with E-state index in [2.05, 4.69) is 76.3 Å². The molecule has 0 N–H and O–H groups in total. The Labute approximate surface area is 140 Å². The van der Waals surface area contributed by atoms with Gasteiger partial charge in [-0.15, -0.1) is 0 Å². The van der Waals surface area contributed by atoms with Crippen molar-refractivity contribution in [1.29, 1.82) is 0 Å². The summed E-state index contributed by atoms with van der Waals surface area (Å²) in [6.45, 7) is 4.66. The molecular formula is C15H21LiN2S2. The Morgan fingerprint density at radius 3 is 2.45 bits per heavy atom. The first-order valence-corrected chi connectivity index (χ1v) is 9.61. The molecule has 2 heterocycles.